The van der Waals surface area contributed by atoms with Crippen molar-refractivity contribution in [2.45, 2.75) is 13.5 Å². The summed E-state index contributed by atoms with van der Waals surface area (Å²) in [4.78, 5) is 8.27. The van der Waals surface area contributed by atoms with Gasteiger partial charge in [0.1, 0.15) is 0 Å². The molecule has 0 radical (unpaired) electrons. The summed E-state index contributed by atoms with van der Waals surface area (Å²) < 4.78 is 0. The van der Waals surface area contributed by atoms with Gasteiger partial charge < -0.3 is 10.6 Å². The molecule has 0 bridgehead atoms. The number of benzene rings is 1. The Kier molecular flexibility index (Phi) is 4.91. The summed E-state index contributed by atoms with van der Waals surface area (Å²) in [5, 5.41) is 7.62. The molecule has 2 rings (SSSR count). The highest BCUT2D eigenvalue weighted by Gasteiger charge is 2.11. The molecule has 2 N–H and O–H groups in total. The molecular formula is C13H13Cl3N4. The fourth-order valence-electron chi connectivity index (χ4n) is 1.84. The molecule has 0 aliphatic carbocycles. The smallest absolute Gasteiger partial charge is 0.224 e. The second kappa shape index (κ2) is 6.48. The number of hydrogen-bond acceptors (Lipinski definition) is 4. The highest BCUT2D eigenvalue weighted by atomic mass is 35.5. The van der Waals surface area contributed by atoms with E-state index in [9.17, 15) is 0 Å². The number of aryl methyl sites for hydroxylation is 1. The van der Waals surface area contributed by atoms with Gasteiger partial charge in [0.05, 0.1) is 11.4 Å². The van der Waals surface area contributed by atoms with Crippen LogP contribution in [0.25, 0.3) is 0 Å². The molecule has 4 nitrogen and oxygen atoms in total. The van der Waals surface area contributed by atoms with Crippen molar-refractivity contribution in [1.29, 1.82) is 0 Å². The molecule has 106 valence electrons. The van der Waals surface area contributed by atoms with Crippen LogP contribution in [0.15, 0.2) is 18.2 Å². The zero-order chi connectivity index (χ0) is 14.7. The van der Waals surface area contributed by atoms with Gasteiger partial charge in [-0.05, 0) is 30.7 Å². The first-order chi connectivity index (χ1) is 9.52. The minimum absolute atomic E-state index is 0.189. The molecule has 20 heavy (non-hydrogen) atoms. The van der Waals surface area contributed by atoms with Gasteiger partial charge in [0, 0.05) is 29.2 Å². The summed E-state index contributed by atoms with van der Waals surface area (Å²) in [6.07, 6.45) is 0. The molecule has 0 aliphatic rings. The van der Waals surface area contributed by atoms with Crippen molar-refractivity contribution in [2.75, 3.05) is 17.7 Å². The van der Waals surface area contributed by atoms with E-state index in [1.807, 2.05) is 6.92 Å². The average molecular weight is 332 g/mol. The zero-order valence-electron chi connectivity index (χ0n) is 11.0. The summed E-state index contributed by atoms with van der Waals surface area (Å²) in [5.74, 6) is 0.612. The normalized spacial score (nSPS) is 10.4. The molecule has 0 unspecified atom stereocenters. The molecule has 2 aromatic rings. The van der Waals surface area contributed by atoms with Crippen LogP contribution in [0.4, 0.5) is 11.5 Å². The van der Waals surface area contributed by atoms with Crippen LogP contribution in [0, 0.1) is 6.92 Å². The van der Waals surface area contributed by atoms with Crippen LogP contribution >= 0.6 is 34.8 Å². The van der Waals surface area contributed by atoms with Gasteiger partial charge in [0.2, 0.25) is 5.28 Å². The van der Waals surface area contributed by atoms with Gasteiger partial charge in [-0.3, -0.25) is 0 Å². The van der Waals surface area contributed by atoms with Crippen LogP contribution < -0.4 is 10.6 Å². The lowest BCUT2D eigenvalue weighted by molar-refractivity contribution is 1.05. The van der Waals surface area contributed by atoms with Gasteiger partial charge in [-0.15, -0.1) is 0 Å². The minimum atomic E-state index is 0.189. The van der Waals surface area contributed by atoms with Gasteiger partial charge in [-0.2, -0.15) is 4.98 Å². The Morgan fingerprint density at radius 3 is 2.35 bits per heavy atom. The van der Waals surface area contributed by atoms with Crippen molar-refractivity contribution in [3.8, 4) is 0 Å². The van der Waals surface area contributed by atoms with E-state index in [1.165, 1.54) is 0 Å². The Labute approximate surface area is 132 Å². The second-order valence-electron chi connectivity index (χ2n) is 4.11. The maximum absolute atomic E-state index is 6.13. The molecule has 7 heteroatoms. The van der Waals surface area contributed by atoms with E-state index in [4.69, 9.17) is 34.8 Å². The van der Waals surface area contributed by atoms with Crippen LogP contribution in [0.3, 0.4) is 0 Å². The number of hydrogen-bond donors (Lipinski definition) is 2. The highest BCUT2D eigenvalue weighted by Crippen LogP contribution is 2.28. The fourth-order valence-corrected chi connectivity index (χ4v) is 2.58. The Morgan fingerprint density at radius 2 is 1.75 bits per heavy atom. The standard InChI is InChI=1S/C13H13Cl3N4/c1-7-11(17-2)12(20-13(16)19-7)18-6-8-9(14)4-3-5-10(8)15/h3-5,17H,6H2,1-2H3,(H,18,19,20). The first-order valence-corrected chi connectivity index (χ1v) is 7.05. The third kappa shape index (κ3) is 3.26. The van der Waals surface area contributed by atoms with Gasteiger partial charge in [0.25, 0.3) is 0 Å². The molecule has 0 spiro atoms. The predicted octanol–water partition coefficient (Wildman–Crippen LogP) is 4.40. The lowest BCUT2D eigenvalue weighted by Crippen LogP contribution is -2.08. The van der Waals surface area contributed by atoms with Gasteiger partial charge >= 0.3 is 0 Å². The van der Waals surface area contributed by atoms with Crippen LogP contribution in [0.1, 0.15) is 11.3 Å². The largest absolute Gasteiger partial charge is 0.384 e. The molecule has 0 atom stereocenters. The average Bonchev–Trinajstić information content (AvgIpc) is 2.37. The second-order valence-corrected chi connectivity index (χ2v) is 5.26. The third-order valence-electron chi connectivity index (χ3n) is 2.81. The van der Waals surface area contributed by atoms with Crippen molar-refractivity contribution in [3.63, 3.8) is 0 Å². The Morgan fingerprint density at radius 1 is 1.10 bits per heavy atom. The quantitative estimate of drug-likeness (QED) is 0.815. The van der Waals surface area contributed by atoms with E-state index in [0.717, 1.165) is 16.9 Å². The first-order valence-electron chi connectivity index (χ1n) is 5.91. The van der Waals surface area contributed by atoms with Gasteiger partial charge in [-0.25, -0.2) is 4.98 Å². The van der Waals surface area contributed by atoms with Crippen LogP contribution in [0.2, 0.25) is 15.3 Å². The number of nitrogens with zero attached hydrogens (tertiary/aromatic N) is 2. The summed E-state index contributed by atoms with van der Waals surface area (Å²) >= 11 is 18.1. The molecule has 1 heterocycles. The molecule has 0 aliphatic heterocycles. The van der Waals surface area contributed by atoms with Crippen LogP contribution in [0.5, 0.6) is 0 Å². The molecule has 0 saturated carbocycles. The van der Waals surface area contributed by atoms with Crippen molar-refractivity contribution in [3.05, 3.63) is 44.8 Å². The van der Waals surface area contributed by atoms with Crippen LogP contribution in [-0.2, 0) is 6.54 Å². The maximum Gasteiger partial charge on any atom is 0.224 e. The molecule has 1 aromatic carbocycles. The number of rotatable bonds is 4. The minimum Gasteiger partial charge on any atom is -0.384 e. The molecule has 0 saturated heterocycles. The van der Waals surface area contributed by atoms with Crippen LogP contribution in [-0.4, -0.2) is 17.0 Å². The SMILES string of the molecule is CNc1c(C)nc(Cl)nc1NCc1c(Cl)cccc1Cl. The topological polar surface area (TPSA) is 49.8 Å². The molecule has 0 amide bonds. The summed E-state index contributed by atoms with van der Waals surface area (Å²) in [7, 11) is 1.80. The maximum atomic E-state index is 6.13. The Bertz CT molecular complexity index is 611. The molecule has 1 aromatic heterocycles. The van der Waals surface area contributed by atoms with Crippen molar-refractivity contribution >= 4 is 46.3 Å². The number of aromatic nitrogens is 2. The Balaban J connectivity index is 2.27. The highest BCUT2D eigenvalue weighted by molar-refractivity contribution is 6.36. The number of halogens is 3. The monoisotopic (exact) mass is 330 g/mol. The van der Waals surface area contributed by atoms with Gasteiger partial charge in [-0.1, -0.05) is 29.3 Å². The molecular weight excluding hydrogens is 319 g/mol. The van der Waals surface area contributed by atoms with E-state index in [1.54, 1.807) is 25.2 Å². The number of nitrogens with one attached hydrogen (secondary N) is 2. The summed E-state index contributed by atoms with van der Waals surface area (Å²) in [5.41, 5.74) is 2.36. The third-order valence-corrected chi connectivity index (χ3v) is 3.68. The molecule has 0 fully saturated rings. The fraction of sp³-hybridized carbons (Fsp3) is 0.231. The van der Waals surface area contributed by atoms with Crippen molar-refractivity contribution in [1.82, 2.24) is 9.97 Å². The number of anilines is 2. The zero-order valence-corrected chi connectivity index (χ0v) is 13.2. The summed E-state index contributed by atoms with van der Waals surface area (Å²) in [6.45, 7) is 2.30. The van der Waals surface area contributed by atoms with Crippen molar-refractivity contribution < 1.29 is 0 Å². The van der Waals surface area contributed by atoms with E-state index in [0.29, 0.717) is 22.4 Å². The van der Waals surface area contributed by atoms with E-state index in [-0.39, 0.29) is 5.28 Å². The predicted molar refractivity (Wildman–Crippen MR) is 85.1 cm³/mol. The van der Waals surface area contributed by atoms with Crippen molar-refractivity contribution in [2.24, 2.45) is 0 Å². The lowest BCUT2D eigenvalue weighted by Gasteiger charge is -2.14. The Hall–Kier alpha value is -1.23. The first kappa shape index (κ1) is 15.2. The van der Waals surface area contributed by atoms with Gasteiger partial charge in [0.15, 0.2) is 5.82 Å². The lowest BCUT2D eigenvalue weighted by atomic mass is 10.2. The van der Waals surface area contributed by atoms with E-state index >= 15 is 0 Å². The van der Waals surface area contributed by atoms with E-state index < -0.39 is 0 Å². The summed E-state index contributed by atoms with van der Waals surface area (Å²) in [6, 6.07) is 5.39. The van der Waals surface area contributed by atoms with E-state index in [2.05, 4.69) is 20.6 Å².